The van der Waals surface area contributed by atoms with Crippen molar-refractivity contribution in [3.05, 3.63) is 118 Å². The van der Waals surface area contributed by atoms with Gasteiger partial charge in [-0.2, -0.15) is 0 Å². The SMILES string of the molecule is Cc1ccc([C@@H](c2c(O)cc(C)n(Cc3ccccn3)c2=O)N2CCN(c3ccccn3)CC2)cc1. The predicted octanol–water partition coefficient (Wildman–Crippen LogP) is 3.92. The van der Waals surface area contributed by atoms with Gasteiger partial charge in [-0.25, -0.2) is 4.98 Å². The molecule has 0 bridgehead atoms. The zero-order valence-electron chi connectivity index (χ0n) is 20.7. The van der Waals surface area contributed by atoms with Gasteiger partial charge in [-0.05, 0) is 49.7 Å². The first kappa shape index (κ1) is 23.8. The summed E-state index contributed by atoms with van der Waals surface area (Å²) in [7, 11) is 0. The lowest BCUT2D eigenvalue weighted by molar-refractivity contribution is 0.207. The number of anilines is 1. The van der Waals surface area contributed by atoms with E-state index in [1.54, 1.807) is 16.8 Å². The summed E-state index contributed by atoms with van der Waals surface area (Å²) in [4.78, 5) is 27.4. The van der Waals surface area contributed by atoms with Gasteiger partial charge < -0.3 is 14.6 Å². The van der Waals surface area contributed by atoms with Crippen LogP contribution in [0.5, 0.6) is 5.75 Å². The molecule has 1 saturated heterocycles. The number of pyridine rings is 3. The Hall–Kier alpha value is -3.97. The molecule has 4 aromatic rings. The molecule has 0 aliphatic carbocycles. The second kappa shape index (κ2) is 10.3. The van der Waals surface area contributed by atoms with Crippen molar-refractivity contribution in [1.82, 2.24) is 19.4 Å². The Balaban J connectivity index is 1.53. The molecule has 1 atom stereocenters. The van der Waals surface area contributed by atoms with Crippen molar-refractivity contribution >= 4 is 5.82 Å². The zero-order chi connectivity index (χ0) is 25.1. The molecule has 5 rings (SSSR count). The summed E-state index contributed by atoms with van der Waals surface area (Å²) < 4.78 is 1.71. The van der Waals surface area contributed by atoms with E-state index < -0.39 is 0 Å². The third-order valence-corrected chi connectivity index (χ3v) is 6.89. The molecule has 4 heterocycles. The highest BCUT2D eigenvalue weighted by molar-refractivity contribution is 5.43. The molecule has 184 valence electrons. The second-order valence-corrected chi connectivity index (χ2v) is 9.32. The van der Waals surface area contributed by atoms with Crippen LogP contribution in [0.3, 0.4) is 0 Å². The molecule has 7 heteroatoms. The van der Waals surface area contributed by atoms with Crippen LogP contribution in [0.2, 0.25) is 0 Å². The van der Waals surface area contributed by atoms with Gasteiger partial charge in [0, 0.05) is 44.3 Å². The maximum absolute atomic E-state index is 14.0. The molecular weight excluding hydrogens is 450 g/mol. The van der Waals surface area contributed by atoms with Crippen LogP contribution in [0.15, 0.2) is 83.9 Å². The number of rotatable bonds is 6. The first-order chi connectivity index (χ1) is 17.5. The molecule has 36 heavy (non-hydrogen) atoms. The first-order valence-electron chi connectivity index (χ1n) is 12.3. The van der Waals surface area contributed by atoms with Crippen LogP contribution in [-0.2, 0) is 6.54 Å². The smallest absolute Gasteiger partial charge is 0.260 e. The van der Waals surface area contributed by atoms with E-state index in [1.165, 1.54) is 0 Å². The molecule has 0 spiro atoms. The number of piperazine rings is 1. The van der Waals surface area contributed by atoms with Crippen LogP contribution >= 0.6 is 0 Å². The van der Waals surface area contributed by atoms with E-state index >= 15 is 0 Å². The lowest BCUT2D eigenvalue weighted by Gasteiger charge is -2.40. The van der Waals surface area contributed by atoms with Gasteiger partial charge in [-0.3, -0.25) is 14.7 Å². The van der Waals surface area contributed by atoms with Crippen molar-refractivity contribution < 1.29 is 5.11 Å². The van der Waals surface area contributed by atoms with Gasteiger partial charge in [-0.15, -0.1) is 0 Å². The highest BCUT2D eigenvalue weighted by Crippen LogP contribution is 2.34. The summed E-state index contributed by atoms with van der Waals surface area (Å²) in [5.41, 5.74) is 3.87. The average Bonchev–Trinajstić information content (AvgIpc) is 2.91. The maximum atomic E-state index is 14.0. The summed E-state index contributed by atoms with van der Waals surface area (Å²) in [6, 6.07) is 21.2. The number of aromatic hydroxyl groups is 1. The number of nitrogens with zero attached hydrogens (tertiary/aromatic N) is 5. The summed E-state index contributed by atoms with van der Waals surface area (Å²) in [5.74, 6) is 0.993. The van der Waals surface area contributed by atoms with Crippen LogP contribution in [0.4, 0.5) is 5.82 Å². The molecule has 3 aromatic heterocycles. The van der Waals surface area contributed by atoms with Crippen LogP contribution in [0.1, 0.15) is 34.1 Å². The second-order valence-electron chi connectivity index (χ2n) is 9.32. The van der Waals surface area contributed by atoms with E-state index in [-0.39, 0.29) is 17.4 Å². The van der Waals surface area contributed by atoms with Gasteiger partial charge in [-0.1, -0.05) is 42.0 Å². The van der Waals surface area contributed by atoms with Crippen molar-refractivity contribution in [2.24, 2.45) is 0 Å². The van der Waals surface area contributed by atoms with Crippen molar-refractivity contribution in [1.29, 1.82) is 0 Å². The molecule has 1 aromatic carbocycles. The van der Waals surface area contributed by atoms with Crippen LogP contribution < -0.4 is 10.5 Å². The molecule has 0 unspecified atom stereocenters. The van der Waals surface area contributed by atoms with Gasteiger partial charge in [0.25, 0.3) is 5.56 Å². The molecule has 0 amide bonds. The molecule has 7 nitrogen and oxygen atoms in total. The lowest BCUT2D eigenvalue weighted by atomic mass is 9.95. The molecular formula is C29H31N5O2. The number of hydrogen-bond donors (Lipinski definition) is 1. The monoisotopic (exact) mass is 481 g/mol. The fourth-order valence-electron chi connectivity index (χ4n) is 4.93. The highest BCUT2D eigenvalue weighted by Gasteiger charge is 2.31. The van der Waals surface area contributed by atoms with Gasteiger partial charge >= 0.3 is 0 Å². The Morgan fingerprint density at radius 1 is 0.889 bits per heavy atom. The van der Waals surface area contributed by atoms with Crippen LogP contribution in [0.25, 0.3) is 0 Å². The van der Waals surface area contributed by atoms with Crippen molar-refractivity contribution in [3.63, 3.8) is 0 Å². The van der Waals surface area contributed by atoms with Gasteiger partial charge in [0.1, 0.15) is 11.6 Å². The quantitative estimate of drug-likeness (QED) is 0.450. The third kappa shape index (κ3) is 4.88. The van der Waals surface area contributed by atoms with Crippen LogP contribution in [-0.4, -0.2) is 50.7 Å². The fourth-order valence-corrected chi connectivity index (χ4v) is 4.93. The minimum absolute atomic E-state index is 0.0347. The van der Waals surface area contributed by atoms with Gasteiger partial charge in [0.05, 0.1) is 23.8 Å². The van der Waals surface area contributed by atoms with E-state index in [9.17, 15) is 9.90 Å². The predicted molar refractivity (Wildman–Crippen MR) is 141 cm³/mol. The van der Waals surface area contributed by atoms with Crippen molar-refractivity contribution in [3.8, 4) is 5.75 Å². The van der Waals surface area contributed by atoms with E-state index in [2.05, 4.69) is 44.0 Å². The first-order valence-corrected chi connectivity index (χ1v) is 12.3. The summed E-state index contributed by atoms with van der Waals surface area (Å²) in [5, 5.41) is 11.1. The molecule has 1 aliphatic heterocycles. The molecule has 0 saturated carbocycles. The zero-order valence-corrected chi connectivity index (χ0v) is 20.7. The number of hydrogen-bond acceptors (Lipinski definition) is 6. The van der Waals surface area contributed by atoms with E-state index in [0.29, 0.717) is 17.8 Å². The Morgan fingerprint density at radius 2 is 1.58 bits per heavy atom. The third-order valence-electron chi connectivity index (χ3n) is 6.89. The van der Waals surface area contributed by atoms with Crippen molar-refractivity contribution in [2.45, 2.75) is 26.4 Å². The normalized spacial score (nSPS) is 15.1. The summed E-state index contributed by atoms with van der Waals surface area (Å²) in [6.45, 7) is 7.30. The summed E-state index contributed by atoms with van der Waals surface area (Å²) in [6.07, 6.45) is 3.54. The van der Waals surface area contributed by atoms with Crippen LogP contribution in [0, 0.1) is 13.8 Å². The Labute approximate surface area is 211 Å². The highest BCUT2D eigenvalue weighted by atomic mass is 16.3. The number of aryl methyl sites for hydroxylation is 2. The van der Waals surface area contributed by atoms with Crippen molar-refractivity contribution in [2.75, 3.05) is 31.1 Å². The minimum Gasteiger partial charge on any atom is -0.507 e. The standard InChI is InChI=1S/C29H31N5O2/c1-21-9-11-23(12-10-21)28(33-17-15-32(16-18-33)26-8-4-6-14-31-26)27-25(35)19-22(2)34(29(27)36)20-24-7-3-5-13-30-24/h3-14,19,28,35H,15-18,20H2,1-2H3/t28-/m0/s1. The largest absolute Gasteiger partial charge is 0.507 e. The fraction of sp³-hybridized carbons (Fsp3) is 0.276. The van der Waals surface area contributed by atoms with Gasteiger partial charge in [0.2, 0.25) is 0 Å². The van der Waals surface area contributed by atoms with E-state index in [4.69, 9.17) is 0 Å². The van der Waals surface area contributed by atoms with Gasteiger partial charge in [0.15, 0.2) is 0 Å². The minimum atomic E-state index is -0.362. The average molecular weight is 482 g/mol. The van der Waals surface area contributed by atoms with E-state index in [1.807, 2.05) is 56.4 Å². The molecule has 1 N–H and O–H groups in total. The van der Waals surface area contributed by atoms with E-state index in [0.717, 1.165) is 48.8 Å². The Kier molecular flexibility index (Phi) is 6.82. The Morgan fingerprint density at radius 3 is 2.22 bits per heavy atom. The number of aromatic nitrogens is 3. The maximum Gasteiger partial charge on any atom is 0.260 e. The topological polar surface area (TPSA) is 74.5 Å². The molecule has 1 aliphatic rings. The lowest BCUT2D eigenvalue weighted by Crippen LogP contribution is -2.49. The summed E-state index contributed by atoms with van der Waals surface area (Å²) >= 11 is 0. The number of benzene rings is 1. The molecule has 1 fully saturated rings. The Bertz CT molecular complexity index is 1360. The molecule has 0 radical (unpaired) electrons.